The lowest BCUT2D eigenvalue weighted by Gasteiger charge is -2.04. The fourth-order valence-corrected chi connectivity index (χ4v) is 2.55. The van der Waals surface area contributed by atoms with Gasteiger partial charge in [-0.05, 0) is 19.1 Å². The molecule has 1 N–H and O–H groups in total. The minimum absolute atomic E-state index is 0.185. The van der Waals surface area contributed by atoms with Crippen LogP contribution in [0.3, 0.4) is 0 Å². The lowest BCUT2D eigenvalue weighted by atomic mass is 10.2. The Morgan fingerprint density at radius 1 is 1.43 bits per heavy atom. The van der Waals surface area contributed by atoms with Gasteiger partial charge < -0.3 is 14.8 Å². The topological polar surface area (TPSA) is 60.5 Å². The number of nitrogens with zero attached hydrogens (tertiary/aromatic N) is 1. The Bertz CT molecular complexity index is 598. The van der Waals surface area contributed by atoms with E-state index in [1.165, 1.54) is 11.3 Å². The van der Waals surface area contributed by atoms with Crippen molar-refractivity contribution in [2.24, 2.45) is 0 Å². The Kier molecular flexibility index (Phi) is 5.71. The number of benzene rings is 1. The second-order valence-electron chi connectivity index (χ2n) is 4.25. The lowest BCUT2D eigenvalue weighted by Crippen LogP contribution is -2.27. The molecule has 1 amide bonds. The summed E-state index contributed by atoms with van der Waals surface area (Å²) in [6, 6.07) is 7.70. The van der Waals surface area contributed by atoms with Crippen molar-refractivity contribution in [3.63, 3.8) is 0 Å². The average Bonchev–Trinajstić information content (AvgIpc) is 2.98. The zero-order valence-electron chi connectivity index (χ0n) is 12.1. The predicted octanol–water partition coefficient (Wildman–Crippen LogP) is 2.59. The van der Waals surface area contributed by atoms with Crippen molar-refractivity contribution in [3.8, 4) is 16.3 Å². The predicted molar refractivity (Wildman–Crippen MR) is 82.9 cm³/mol. The summed E-state index contributed by atoms with van der Waals surface area (Å²) in [6.45, 7) is 3.52. The van der Waals surface area contributed by atoms with E-state index < -0.39 is 0 Å². The fraction of sp³-hybridized carbons (Fsp3) is 0.333. The van der Waals surface area contributed by atoms with E-state index in [-0.39, 0.29) is 5.91 Å². The van der Waals surface area contributed by atoms with Crippen molar-refractivity contribution >= 4 is 17.2 Å². The smallest absolute Gasteiger partial charge is 0.270 e. The maximum Gasteiger partial charge on any atom is 0.270 e. The molecule has 1 aromatic carbocycles. The summed E-state index contributed by atoms with van der Waals surface area (Å²) in [7, 11) is 1.60. The zero-order chi connectivity index (χ0) is 15.1. The molecule has 6 heteroatoms. The number of rotatable bonds is 7. The number of thiazole rings is 1. The number of hydrogen-bond acceptors (Lipinski definition) is 5. The third-order valence-corrected chi connectivity index (χ3v) is 3.61. The summed E-state index contributed by atoms with van der Waals surface area (Å²) in [4.78, 5) is 16.3. The summed E-state index contributed by atoms with van der Waals surface area (Å²) >= 11 is 1.44. The van der Waals surface area contributed by atoms with Gasteiger partial charge in [-0.3, -0.25) is 4.79 Å². The molecule has 0 saturated heterocycles. The maximum absolute atomic E-state index is 11.9. The Morgan fingerprint density at radius 3 is 3.05 bits per heavy atom. The van der Waals surface area contributed by atoms with E-state index in [4.69, 9.17) is 9.47 Å². The van der Waals surface area contributed by atoms with Gasteiger partial charge in [0.1, 0.15) is 16.5 Å². The molecule has 0 atom stereocenters. The molecular formula is C15H18N2O3S. The van der Waals surface area contributed by atoms with Gasteiger partial charge in [-0.25, -0.2) is 4.98 Å². The van der Waals surface area contributed by atoms with Gasteiger partial charge in [0.05, 0.1) is 13.2 Å². The van der Waals surface area contributed by atoms with Crippen molar-refractivity contribution in [2.75, 3.05) is 26.9 Å². The molecule has 0 radical (unpaired) electrons. The third-order valence-electron chi connectivity index (χ3n) is 2.72. The molecule has 0 unspecified atom stereocenters. The molecule has 0 saturated carbocycles. The van der Waals surface area contributed by atoms with Gasteiger partial charge in [-0.2, -0.15) is 0 Å². The molecule has 0 aliphatic rings. The van der Waals surface area contributed by atoms with Crippen molar-refractivity contribution in [1.82, 2.24) is 10.3 Å². The zero-order valence-corrected chi connectivity index (χ0v) is 12.9. The summed E-state index contributed by atoms with van der Waals surface area (Å²) in [5, 5.41) is 5.31. The lowest BCUT2D eigenvalue weighted by molar-refractivity contribution is 0.0933. The molecule has 21 heavy (non-hydrogen) atoms. The van der Waals surface area contributed by atoms with E-state index in [0.717, 1.165) is 16.3 Å². The first-order valence-electron chi connectivity index (χ1n) is 6.70. The number of methoxy groups -OCH3 is 1. The van der Waals surface area contributed by atoms with Crippen molar-refractivity contribution in [3.05, 3.63) is 35.3 Å². The van der Waals surface area contributed by atoms with Crippen LogP contribution in [0, 0.1) is 0 Å². The van der Waals surface area contributed by atoms with Crippen LogP contribution >= 0.6 is 11.3 Å². The first-order valence-corrected chi connectivity index (χ1v) is 7.58. The first-order chi connectivity index (χ1) is 10.2. The highest BCUT2D eigenvalue weighted by atomic mass is 32.1. The van der Waals surface area contributed by atoms with Crippen LogP contribution in [-0.4, -0.2) is 37.8 Å². The van der Waals surface area contributed by atoms with E-state index in [0.29, 0.717) is 25.5 Å². The number of carbonyl (C=O) groups excluding carboxylic acids is 1. The fourth-order valence-electron chi connectivity index (χ4n) is 1.75. The van der Waals surface area contributed by atoms with Crippen molar-refractivity contribution < 1.29 is 14.3 Å². The highest BCUT2D eigenvalue weighted by Crippen LogP contribution is 2.26. The Balaban J connectivity index is 2.08. The van der Waals surface area contributed by atoms with E-state index in [2.05, 4.69) is 10.3 Å². The highest BCUT2D eigenvalue weighted by Gasteiger charge is 2.11. The molecule has 5 nitrogen and oxygen atoms in total. The van der Waals surface area contributed by atoms with Crippen LogP contribution in [0.4, 0.5) is 0 Å². The molecule has 1 heterocycles. The van der Waals surface area contributed by atoms with Gasteiger partial charge in [-0.1, -0.05) is 12.1 Å². The van der Waals surface area contributed by atoms with Gasteiger partial charge in [0.25, 0.3) is 5.91 Å². The van der Waals surface area contributed by atoms with Crippen LogP contribution in [0.1, 0.15) is 17.4 Å². The SMILES string of the molecule is CCOc1cccc(-c2nc(C(=O)NCCOC)cs2)c1. The molecule has 0 bridgehead atoms. The van der Waals surface area contributed by atoms with Crippen LogP contribution in [0.25, 0.3) is 10.6 Å². The molecule has 112 valence electrons. The summed E-state index contributed by atoms with van der Waals surface area (Å²) < 4.78 is 10.4. The maximum atomic E-state index is 11.9. The summed E-state index contributed by atoms with van der Waals surface area (Å²) in [5.74, 6) is 0.617. The number of amides is 1. The van der Waals surface area contributed by atoms with Crippen LogP contribution in [0.5, 0.6) is 5.75 Å². The summed E-state index contributed by atoms with van der Waals surface area (Å²) in [5.41, 5.74) is 1.37. The monoisotopic (exact) mass is 306 g/mol. The number of carbonyl (C=O) groups is 1. The van der Waals surface area contributed by atoms with Crippen LogP contribution < -0.4 is 10.1 Å². The molecule has 0 fully saturated rings. The molecule has 2 rings (SSSR count). The third kappa shape index (κ3) is 4.27. The van der Waals surface area contributed by atoms with Crippen LogP contribution in [0.15, 0.2) is 29.6 Å². The van der Waals surface area contributed by atoms with Crippen molar-refractivity contribution in [1.29, 1.82) is 0 Å². The number of hydrogen-bond donors (Lipinski definition) is 1. The van der Waals surface area contributed by atoms with E-state index in [9.17, 15) is 4.79 Å². The Labute approximate surface area is 127 Å². The highest BCUT2D eigenvalue weighted by molar-refractivity contribution is 7.13. The minimum atomic E-state index is -0.185. The Hall–Kier alpha value is -1.92. The number of aromatic nitrogens is 1. The second-order valence-corrected chi connectivity index (χ2v) is 5.11. The molecule has 0 aliphatic heterocycles. The van der Waals surface area contributed by atoms with E-state index in [1.807, 2.05) is 31.2 Å². The first kappa shape index (κ1) is 15.5. The van der Waals surface area contributed by atoms with Gasteiger partial charge >= 0.3 is 0 Å². The van der Waals surface area contributed by atoms with E-state index in [1.54, 1.807) is 12.5 Å². The second kappa shape index (κ2) is 7.75. The number of nitrogens with one attached hydrogen (secondary N) is 1. The number of ether oxygens (including phenoxy) is 2. The quantitative estimate of drug-likeness (QED) is 0.799. The van der Waals surface area contributed by atoms with Gasteiger partial charge in [0.2, 0.25) is 0 Å². The van der Waals surface area contributed by atoms with Gasteiger partial charge in [0.15, 0.2) is 0 Å². The summed E-state index contributed by atoms with van der Waals surface area (Å²) in [6.07, 6.45) is 0. The van der Waals surface area contributed by atoms with Crippen LogP contribution in [-0.2, 0) is 4.74 Å². The standard InChI is InChI=1S/C15H18N2O3S/c1-3-20-12-6-4-5-11(9-12)15-17-13(10-21-15)14(18)16-7-8-19-2/h4-6,9-10H,3,7-8H2,1-2H3,(H,16,18). The molecular weight excluding hydrogens is 288 g/mol. The van der Waals surface area contributed by atoms with Crippen LogP contribution in [0.2, 0.25) is 0 Å². The van der Waals surface area contributed by atoms with Gasteiger partial charge in [-0.15, -0.1) is 11.3 Å². The molecule has 2 aromatic rings. The Morgan fingerprint density at radius 2 is 2.29 bits per heavy atom. The molecule has 1 aromatic heterocycles. The minimum Gasteiger partial charge on any atom is -0.494 e. The molecule has 0 aliphatic carbocycles. The molecule has 0 spiro atoms. The van der Waals surface area contributed by atoms with Crippen molar-refractivity contribution in [2.45, 2.75) is 6.92 Å². The average molecular weight is 306 g/mol. The normalized spacial score (nSPS) is 10.4. The van der Waals surface area contributed by atoms with E-state index >= 15 is 0 Å². The van der Waals surface area contributed by atoms with Gasteiger partial charge in [0, 0.05) is 24.6 Å². The largest absolute Gasteiger partial charge is 0.494 e.